The van der Waals surface area contributed by atoms with Crippen molar-refractivity contribution in [2.45, 2.75) is 37.8 Å². The normalized spacial score (nSPS) is 20.6. The highest BCUT2D eigenvalue weighted by Gasteiger charge is 2.39. The lowest BCUT2D eigenvalue weighted by molar-refractivity contribution is -0.137. The van der Waals surface area contributed by atoms with Crippen LogP contribution in [0.4, 0.5) is 18.9 Å². The molecule has 2 aliphatic heterocycles. The monoisotopic (exact) mass is 523 g/mol. The average molecular weight is 524 g/mol. The number of halogens is 3. The van der Waals surface area contributed by atoms with Gasteiger partial charge in [0.2, 0.25) is 5.91 Å². The van der Waals surface area contributed by atoms with Gasteiger partial charge in [-0.2, -0.15) is 13.2 Å². The predicted octanol–water partition coefficient (Wildman–Crippen LogP) is 4.18. The van der Waals surface area contributed by atoms with E-state index in [1.54, 1.807) is 18.5 Å². The van der Waals surface area contributed by atoms with Crippen LogP contribution < -0.4 is 10.2 Å². The first kappa shape index (κ1) is 26.2. The number of amides is 1. The van der Waals surface area contributed by atoms with Gasteiger partial charge in [0.25, 0.3) is 0 Å². The summed E-state index contributed by atoms with van der Waals surface area (Å²) in [5.41, 5.74) is 2.20. The molecule has 2 saturated heterocycles. The molecule has 200 valence electrons. The molecule has 38 heavy (non-hydrogen) atoms. The Hall–Kier alpha value is -3.43. The molecule has 0 unspecified atom stereocenters. The first-order valence-corrected chi connectivity index (χ1v) is 13.0. The molecule has 0 aliphatic carbocycles. The van der Waals surface area contributed by atoms with Gasteiger partial charge in [0.15, 0.2) is 0 Å². The maximum Gasteiger partial charge on any atom is 0.416 e. The quantitative estimate of drug-likeness (QED) is 0.504. The Balaban J connectivity index is 1.23. The second kappa shape index (κ2) is 11.5. The highest BCUT2D eigenvalue weighted by atomic mass is 19.4. The summed E-state index contributed by atoms with van der Waals surface area (Å²) in [6.07, 6.45) is -0.109. The molecule has 0 saturated carbocycles. The van der Waals surface area contributed by atoms with Gasteiger partial charge in [-0.25, -0.2) is 0 Å². The smallest absolute Gasteiger partial charge is 0.368 e. The molecule has 2 aromatic carbocycles. The fraction of sp³-hybridized carbons (Fsp3) is 0.379. The van der Waals surface area contributed by atoms with Crippen molar-refractivity contribution >= 4 is 11.6 Å². The Labute approximate surface area is 221 Å². The second-order valence-electron chi connectivity index (χ2n) is 9.96. The predicted molar refractivity (Wildman–Crippen MR) is 140 cm³/mol. The van der Waals surface area contributed by atoms with Crippen molar-refractivity contribution in [3.8, 4) is 0 Å². The Morgan fingerprint density at radius 2 is 1.66 bits per heavy atom. The summed E-state index contributed by atoms with van der Waals surface area (Å²) in [5.74, 6) is 0.0952. The van der Waals surface area contributed by atoms with Crippen molar-refractivity contribution in [2.75, 3.05) is 37.6 Å². The van der Waals surface area contributed by atoms with Crippen LogP contribution in [0.15, 0.2) is 79.1 Å². The standard InChI is InChI=1S/C29H32F3N5O/c30-29(31,32)24-7-4-8-26(17-24)35-13-15-36(16-14-35)28(38)27-18-25(34-19-22-9-11-33-12-10-22)21-37(27)20-23-5-2-1-3-6-23/h1-12,17,25,27,34H,13-16,18-21H2/t25-,27-/m0/s1. The van der Waals surface area contributed by atoms with Gasteiger partial charge in [-0.3, -0.25) is 14.7 Å². The number of carbonyl (C=O) groups excluding carboxylic acids is 1. The zero-order valence-electron chi connectivity index (χ0n) is 21.1. The summed E-state index contributed by atoms with van der Waals surface area (Å²) in [6, 6.07) is 19.5. The molecular weight excluding hydrogens is 491 g/mol. The number of carbonyl (C=O) groups is 1. The summed E-state index contributed by atoms with van der Waals surface area (Å²) >= 11 is 0. The van der Waals surface area contributed by atoms with E-state index < -0.39 is 11.7 Å². The molecule has 1 amide bonds. The lowest BCUT2D eigenvalue weighted by Crippen LogP contribution is -2.53. The van der Waals surface area contributed by atoms with Crippen LogP contribution in [0.25, 0.3) is 0 Å². The zero-order chi connectivity index (χ0) is 26.5. The number of anilines is 1. The third kappa shape index (κ3) is 6.34. The van der Waals surface area contributed by atoms with Crippen molar-refractivity contribution in [1.29, 1.82) is 0 Å². The number of piperazine rings is 1. The number of rotatable bonds is 7. The number of nitrogens with one attached hydrogen (secondary N) is 1. The van der Waals surface area contributed by atoms with Crippen molar-refractivity contribution in [3.05, 3.63) is 95.8 Å². The molecule has 1 N–H and O–H groups in total. The number of aromatic nitrogens is 1. The van der Waals surface area contributed by atoms with E-state index in [1.165, 1.54) is 12.1 Å². The number of alkyl halides is 3. The van der Waals surface area contributed by atoms with E-state index in [-0.39, 0.29) is 18.0 Å². The van der Waals surface area contributed by atoms with E-state index in [4.69, 9.17) is 0 Å². The van der Waals surface area contributed by atoms with Gasteiger partial charge >= 0.3 is 6.18 Å². The minimum Gasteiger partial charge on any atom is -0.368 e. The highest BCUT2D eigenvalue weighted by molar-refractivity contribution is 5.82. The Morgan fingerprint density at radius 3 is 2.37 bits per heavy atom. The fourth-order valence-corrected chi connectivity index (χ4v) is 5.34. The number of likely N-dealkylation sites (tertiary alicyclic amines) is 1. The summed E-state index contributed by atoms with van der Waals surface area (Å²) in [4.78, 5) is 23.9. The third-order valence-electron chi connectivity index (χ3n) is 7.39. The molecule has 6 nitrogen and oxygen atoms in total. The van der Waals surface area contributed by atoms with Gasteiger partial charge in [0.1, 0.15) is 0 Å². The van der Waals surface area contributed by atoms with Gasteiger partial charge in [0, 0.05) is 69.9 Å². The minimum absolute atomic E-state index is 0.0952. The van der Waals surface area contributed by atoms with Crippen molar-refractivity contribution in [2.24, 2.45) is 0 Å². The highest BCUT2D eigenvalue weighted by Crippen LogP contribution is 2.32. The van der Waals surface area contributed by atoms with Crippen LogP contribution in [0.3, 0.4) is 0 Å². The van der Waals surface area contributed by atoms with Crippen molar-refractivity contribution in [3.63, 3.8) is 0 Å². The van der Waals surface area contributed by atoms with Gasteiger partial charge in [-0.1, -0.05) is 36.4 Å². The van der Waals surface area contributed by atoms with Gasteiger partial charge in [-0.15, -0.1) is 0 Å². The van der Waals surface area contributed by atoms with Crippen LogP contribution in [0, 0.1) is 0 Å². The average Bonchev–Trinajstić information content (AvgIpc) is 3.35. The molecule has 5 rings (SSSR count). The molecule has 2 atom stereocenters. The summed E-state index contributed by atoms with van der Waals surface area (Å²) < 4.78 is 39.5. The maximum atomic E-state index is 13.7. The largest absolute Gasteiger partial charge is 0.416 e. The molecular formula is C29H32F3N5O. The molecule has 0 bridgehead atoms. The Morgan fingerprint density at radius 1 is 0.921 bits per heavy atom. The number of pyridine rings is 1. The molecule has 2 aliphatic rings. The SMILES string of the molecule is O=C([C@@H]1C[C@H](NCc2ccncc2)CN1Cc1ccccc1)N1CCN(c2cccc(C(F)(F)F)c2)CC1. The van der Waals surface area contributed by atoms with Crippen LogP contribution in [-0.4, -0.2) is 65.5 Å². The second-order valence-corrected chi connectivity index (χ2v) is 9.96. The van der Waals surface area contributed by atoms with Gasteiger partial charge < -0.3 is 15.1 Å². The molecule has 0 spiro atoms. The lowest BCUT2D eigenvalue weighted by Gasteiger charge is -2.38. The van der Waals surface area contributed by atoms with E-state index >= 15 is 0 Å². The maximum absolute atomic E-state index is 13.7. The molecule has 1 aromatic heterocycles. The first-order chi connectivity index (χ1) is 18.4. The van der Waals surface area contributed by atoms with Crippen molar-refractivity contribution < 1.29 is 18.0 Å². The third-order valence-corrected chi connectivity index (χ3v) is 7.39. The van der Waals surface area contributed by atoms with Gasteiger partial charge in [0.05, 0.1) is 11.6 Å². The first-order valence-electron chi connectivity index (χ1n) is 13.0. The van der Waals surface area contributed by atoms with E-state index in [2.05, 4.69) is 27.3 Å². The van der Waals surface area contributed by atoms with E-state index in [0.29, 0.717) is 51.4 Å². The number of benzene rings is 2. The van der Waals surface area contributed by atoms with Crippen LogP contribution in [-0.2, 0) is 24.1 Å². The molecule has 9 heteroatoms. The fourth-order valence-electron chi connectivity index (χ4n) is 5.34. The summed E-state index contributed by atoms with van der Waals surface area (Å²) in [5, 5.41) is 3.61. The topological polar surface area (TPSA) is 51.7 Å². The molecule has 3 heterocycles. The van der Waals surface area contributed by atoms with E-state index in [9.17, 15) is 18.0 Å². The number of nitrogens with zero attached hydrogens (tertiary/aromatic N) is 4. The summed E-state index contributed by atoms with van der Waals surface area (Å²) in [7, 11) is 0. The minimum atomic E-state index is -4.37. The zero-order valence-corrected chi connectivity index (χ0v) is 21.1. The van der Waals surface area contributed by atoms with Gasteiger partial charge in [-0.05, 0) is 47.9 Å². The number of hydrogen-bond acceptors (Lipinski definition) is 5. The molecule has 0 radical (unpaired) electrons. The summed E-state index contributed by atoms with van der Waals surface area (Å²) in [6.45, 7) is 4.14. The molecule has 2 fully saturated rings. The van der Waals surface area contributed by atoms with Crippen molar-refractivity contribution in [1.82, 2.24) is 20.1 Å². The van der Waals surface area contributed by atoms with Crippen LogP contribution >= 0.6 is 0 Å². The van der Waals surface area contributed by atoms with E-state index in [1.807, 2.05) is 40.1 Å². The van der Waals surface area contributed by atoms with E-state index in [0.717, 1.165) is 23.7 Å². The Bertz CT molecular complexity index is 1200. The molecule has 3 aromatic rings. The Kier molecular flexibility index (Phi) is 7.95. The van der Waals surface area contributed by atoms with Crippen LogP contribution in [0.2, 0.25) is 0 Å². The van der Waals surface area contributed by atoms with Crippen LogP contribution in [0.5, 0.6) is 0 Å². The number of hydrogen-bond donors (Lipinski definition) is 1. The van der Waals surface area contributed by atoms with Crippen LogP contribution in [0.1, 0.15) is 23.1 Å². The lowest BCUT2D eigenvalue weighted by atomic mass is 10.1.